The van der Waals surface area contributed by atoms with Gasteiger partial charge in [0.15, 0.2) is 5.11 Å². The fourth-order valence-corrected chi connectivity index (χ4v) is 7.06. The molecule has 1 N–H and O–H groups in total. The van der Waals surface area contributed by atoms with Gasteiger partial charge in [-0.3, -0.25) is 4.98 Å². The maximum absolute atomic E-state index is 6.26. The Hall–Kier alpha value is -3.84. The Balaban J connectivity index is 1.38. The zero-order chi connectivity index (χ0) is 29.2. The summed E-state index contributed by atoms with van der Waals surface area (Å²) in [6, 6.07) is 25.6. The summed E-state index contributed by atoms with van der Waals surface area (Å²) in [5.41, 5.74) is 8.05. The van der Waals surface area contributed by atoms with Crippen molar-refractivity contribution in [3.63, 3.8) is 0 Å². The highest BCUT2D eigenvalue weighted by atomic mass is 32.1. The lowest BCUT2D eigenvalue weighted by atomic mass is 9.96. The zero-order valence-corrected chi connectivity index (χ0v) is 25.9. The number of anilines is 2. The van der Waals surface area contributed by atoms with E-state index in [1.54, 1.807) is 0 Å². The van der Waals surface area contributed by atoms with E-state index in [1.165, 1.54) is 35.5 Å². The number of thiocarbonyl (C=S) groups is 1. The van der Waals surface area contributed by atoms with E-state index in [9.17, 15) is 0 Å². The smallest absolute Gasteiger partial charge is 0.174 e. The molecule has 7 heteroatoms. The van der Waals surface area contributed by atoms with Crippen LogP contribution in [-0.2, 0) is 0 Å². The molecule has 6 rings (SSSR count). The number of ether oxygens (including phenoxy) is 1. The van der Waals surface area contributed by atoms with Crippen molar-refractivity contribution in [3.8, 4) is 11.4 Å². The predicted molar refractivity (Wildman–Crippen MR) is 176 cm³/mol. The quantitative estimate of drug-likeness (QED) is 0.204. The molecule has 0 bridgehead atoms. The first-order chi connectivity index (χ1) is 20.5. The summed E-state index contributed by atoms with van der Waals surface area (Å²) in [7, 11) is 0. The van der Waals surface area contributed by atoms with Crippen molar-refractivity contribution in [2.24, 2.45) is 0 Å². The molecule has 3 heterocycles. The minimum absolute atomic E-state index is 0.0658. The average Bonchev–Trinajstić information content (AvgIpc) is 3.72. The molecule has 2 atom stereocenters. The van der Waals surface area contributed by atoms with Crippen LogP contribution in [0.25, 0.3) is 5.69 Å². The molecule has 42 heavy (non-hydrogen) atoms. The molecule has 6 nitrogen and oxygen atoms in total. The Bertz CT molecular complexity index is 1510. The SMILES string of the molecule is CCN(CC)c1ccc(-n2c(C)cc(C3C(c4ccccn4)NC(=S)N3c3ccc(OC4CCCC4)cc3)c2C)cc1. The number of nitrogens with one attached hydrogen (secondary N) is 1. The van der Waals surface area contributed by atoms with Crippen LogP contribution in [0.5, 0.6) is 5.75 Å². The number of pyridine rings is 1. The molecule has 1 saturated carbocycles. The third-order valence-corrected chi connectivity index (χ3v) is 9.16. The summed E-state index contributed by atoms with van der Waals surface area (Å²) in [6.45, 7) is 10.8. The molecule has 0 amide bonds. The summed E-state index contributed by atoms with van der Waals surface area (Å²) in [4.78, 5) is 9.37. The molecular weight excluding hydrogens is 538 g/mol. The van der Waals surface area contributed by atoms with Gasteiger partial charge in [0.1, 0.15) is 5.75 Å². The number of aromatic nitrogens is 2. The fourth-order valence-electron chi connectivity index (χ4n) is 6.72. The minimum atomic E-state index is -0.0906. The Morgan fingerprint density at radius 2 is 1.62 bits per heavy atom. The van der Waals surface area contributed by atoms with Gasteiger partial charge in [-0.2, -0.15) is 0 Å². The molecule has 2 aromatic heterocycles. The van der Waals surface area contributed by atoms with Crippen molar-refractivity contribution in [3.05, 3.63) is 102 Å². The summed E-state index contributed by atoms with van der Waals surface area (Å²) < 4.78 is 8.62. The first kappa shape index (κ1) is 28.3. The van der Waals surface area contributed by atoms with Crippen molar-refractivity contribution >= 4 is 28.7 Å². The van der Waals surface area contributed by atoms with Gasteiger partial charge in [0.2, 0.25) is 0 Å². The molecule has 218 valence electrons. The Kier molecular flexibility index (Phi) is 8.20. The zero-order valence-electron chi connectivity index (χ0n) is 25.1. The molecule has 2 aromatic carbocycles. The number of aryl methyl sites for hydroxylation is 1. The molecule has 4 aromatic rings. The highest BCUT2D eigenvalue weighted by Crippen LogP contribution is 2.44. The van der Waals surface area contributed by atoms with E-state index in [0.717, 1.165) is 48.7 Å². The fraction of sp³-hybridized carbons (Fsp3) is 0.371. The predicted octanol–water partition coefficient (Wildman–Crippen LogP) is 7.83. The van der Waals surface area contributed by atoms with Crippen LogP contribution in [0.15, 0.2) is 79.0 Å². The normalized spacial score (nSPS) is 18.9. The second-order valence-corrected chi connectivity index (χ2v) is 11.8. The first-order valence-corrected chi connectivity index (χ1v) is 15.7. The Labute approximate surface area is 255 Å². The first-order valence-electron chi connectivity index (χ1n) is 15.3. The molecule has 1 aliphatic carbocycles. The highest BCUT2D eigenvalue weighted by molar-refractivity contribution is 7.80. The van der Waals surface area contributed by atoms with Gasteiger partial charge < -0.3 is 24.4 Å². The van der Waals surface area contributed by atoms with E-state index in [2.05, 4.69) is 108 Å². The van der Waals surface area contributed by atoms with Gasteiger partial charge in [-0.15, -0.1) is 0 Å². The lowest BCUT2D eigenvalue weighted by molar-refractivity contribution is 0.210. The van der Waals surface area contributed by atoms with Crippen LogP contribution >= 0.6 is 12.2 Å². The molecule has 2 fully saturated rings. The van der Waals surface area contributed by atoms with E-state index in [4.69, 9.17) is 21.9 Å². The Morgan fingerprint density at radius 1 is 0.929 bits per heavy atom. The molecule has 0 radical (unpaired) electrons. The van der Waals surface area contributed by atoms with Gasteiger partial charge >= 0.3 is 0 Å². The van der Waals surface area contributed by atoms with E-state index in [-0.39, 0.29) is 12.1 Å². The highest BCUT2D eigenvalue weighted by Gasteiger charge is 2.42. The molecule has 2 unspecified atom stereocenters. The van der Waals surface area contributed by atoms with E-state index in [1.807, 2.05) is 18.3 Å². The van der Waals surface area contributed by atoms with Crippen LogP contribution in [0.1, 0.15) is 74.3 Å². The maximum atomic E-state index is 6.26. The third kappa shape index (κ3) is 5.38. The van der Waals surface area contributed by atoms with E-state index in [0.29, 0.717) is 11.2 Å². The standard InChI is InChI=1S/C35H41N5OS/c1-5-38(6-2)26-14-16-27(17-15-26)39-24(3)23-31(25(39)4)34-33(32-13-9-10-22-36-32)37-35(42)40(34)28-18-20-30(21-19-28)41-29-11-7-8-12-29/h9-10,13-23,29,33-34H,5-8,11-12H2,1-4H3,(H,37,42). The molecular formula is C35H41N5OS. The number of rotatable bonds is 9. The van der Waals surface area contributed by atoms with Crippen molar-refractivity contribution in [2.75, 3.05) is 22.9 Å². The summed E-state index contributed by atoms with van der Waals surface area (Å²) >= 11 is 6.01. The molecule has 2 aliphatic rings. The van der Waals surface area contributed by atoms with Crippen LogP contribution in [0.4, 0.5) is 11.4 Å². The summed E-state index contributed by atoms with van der Waals surface area (Å²) in [6.07, 6.45) is 6.98. The second-order valence-electron chi connectivity index (χ2n) is 11.4. The molecule has 1 saturated heterocycles. The number of nitrogens with zero attached hydrogens (tertiary/aromatic N) is 4. The van der Waals surface area contributed by atoms with Crippen molar-refractivity contribution in [1.82, 2.24) is 14.9 Å². The third-order valence-electron chi connectivity index (χ3n) is 8.84. The van der Waals surface area contributed by atoms with Gasteiger partial charge in [0.25, 0.3) is 0 Å². The van der Waals surface area contributed by atoms with Crippen molar-refractivity contribution in [2.45, 2.75) is 71.6 Å². The minimum Gasteiger partial charge on any atom is -0.490 e. The van der Waals surface area contributed by atoms with E-state index >= 15 is 0 Å². The number of hydrogen-bond acceptors (Lipinski definition) is 4. The van der Waals surface area contributed by atoms with Crippen molar-refractivity contribution < 1.29 is 4.74 Å². The van der Waals surface area contributed by atoms with Crippen LogP contribution in [0.3, 0.4) is 0 Å². The molecule has 1 aliphatic heterocycles. The maximum Gasteiger partial charge on any atom is 0.174 e. The summed E-state index contributed by atoms with van der Waals surface area (Å²) in [5.74, 6) is 0.924. The van der Waals surface area contributed by atoms with Crippen LogP contribution in [-0.4, -0.2) is 33.9 Å². The summed E-state index contributed by atoms with van der Waals surface area (Å²) in [5, 5.41) is 4.32. The number of hydrogen-bond donors (Lipinski definition) is 1. The van der Waals surface area contributed by atoms with Gasteiger partial charge in [-0.1, -0.05) is 6.07 Å². The van der Waals surface area contributed by atoms with Gasteiger partial charge in [0.05, 0.1) is 23.9 Å². The van der Waals surface area contributed by atoms with Crippen LogP contribution < -0.4 is 19.9 Å². The van der Waals surface area contributed by atoms with Gasteiger partial charge in [-0.05, 0) is 138 Å². The monoisotopic (exact) mass is 579 g/mol. The van der Waals surface area contributed by atoms with Crippen LogP contribution in [0, 0.1) is 13.8 Å². The molecule has 0 spiro atoms. The van der Waals surface area contributed by atoms with E-state index < -0.39 is 0 Å². The van der Waals surface area contributed by atoms with Gasteiger partial charge in [-0.25, -0.2) is 0 Å². The largest absolute Gasteiger partial charge is 0.490 e. The lowest BCUT2D eigenvalue weighted by Gasteiger charge is -2.28. The number of benzene rings is 2. The van der Waals surface area contributed by atoms with Gasteiger partial charge in [0, 0.05) is 47.7 Å². The topological polar surface area (TPSA) is 45.6 Å². The van der Waals surface area contributed by atoms with Crippen molar-refractivity contribution in [1.29, 1.82) is 0 Å². The second kappa shape index (κ2) is 12.2. The van der Waals surface area contributed by atoms with Crippen LogP contribution in [0.2, 0.25) is 0 Å². The Morgan fingerprint density at radius 3 is 2.26 bits per heavy atom. The lowest BCUT2D eigenvalue weighted by Crippen LogP contribution is -2.29. The average molecular weight is 580 g/mol.